The van der Waals surface area contributed by atoms with E-state index < -0.39 is 12.7 Å². The third-order valence-corrected chi connectivity index (χ3v) is 2.58. The van der Waals surface area contributed by atoms with E-state index in [0.717, 1.165) is 10.0 Å². The molecule has 0 aromatic heterocycles. The average Bonchev–Trinajstić information content (AvgIpc) is 2.14. The molecule has 0 unspecified atom stereocenters. The van der Waals surface area contributed by atoms with Crippen LogP contribution in [0.1, 0.15) is 12.5 Å². The maximum atomic E-state index is 11.9. The van der Waals surface area contributed by atoms with Crippen LogP contribution in [0.5, 0.6) is 0 Å². The summed E-state index contributed by atoms with van der Waals surface area (Å²) in [5.41, 5.74) is 1.01. The van der Waals surface area contributed by atoms with Crippen LogP contribution in [0, 0.1) is 0 Å². The minimum Gasteiger partial charge on any atom is -0.306 e. The lowest BCUT2D eigenvalue weighted by atomic mass is 10.1. The number of halogens is 4. The second-order valence-electron chi connectivity index (χ2n) is 3.73. The van der Waals surface area contributed by atoms with Crippen LogP contribution in [0.4, 0.5) is 13.2 Å². The summed E-state index contributed by atoms with van der Waals surface area (Å²) < 4.78 is 36.8. The normalized spacial score (nSPS) is 13.8. The maximum absolute atomic E-state index is 11.9. The molecule has 16 heavy (non-hydrogen) atoms. The number of hydrogen-bond donors (Lipinski definition) is 1. The van der Waals surface area contributed by atoms with Crippen molar-refractivity contribution in [2.75, 3.05) is 6.54 Å². The van der Waals surface area contributed by atoms with Gasteiger partial charge in [0.25, 0.3) is 0 Å². The number of hydrogen-bond acceptors (Lipinski definition) is 1. The van der Waals surface area contributed by atoms with Gasteiger partial charge in [0.1, 0.15) is 0 Å². The van der Waals surface area contributed by atoms with E-state index >= 15 is 0 Å². The Hall–Kier alpha value is -0.550. The molecule has 0 amide bonds. The molecule has 1 N–H and O–H groups in total. The van der Waals surface area contributed by atoms with Gasteiger partial charge in [-0.2, -0.15) is 13.2 Å². The summed E-state index contributed by atoms with van der Waals surface area (Å²) >= 11 is 3.32. The molecule has 0 bridgehead atoms. The van der Waals surface area contributed by atoms with Crippen LogP contribution < -0.4 is 5.32 Å². The lowest BCUT2D eigenvalue weighted by Gasteiger charge is -2.15. The van der Waals surface area contributed by atoms with Crippen molar-refractivity contribution in [1.29, 1.82) is 0 Å². The van der Waals surface area contributed by atoms with Crippen molar-refractivity contribution in [2.24, 2.45) is 0 Å². The van der Waals surface area contributed by atoms with Gasteiger partial charge in [0.05, 0.1) is 6.54 Å². The van der Waals surface area contributed by atoms with Crippen molar-refractivity contribution >= 4 is 15.9 Å². The van der Waals surface area contributed by atoms with E-state index in [4.69, 9.17) is 0 Å². The number of rotatable bonds is 4. The van der Waals surface area contributed by atoms with E-state index in [-0.39, 0.29) is 6.04 Å². The molecule has 90 valence electrons. The van der Waals surface area contributed by atoms with Gasteiger partial charge in [-0.15, -0.1) is 0 Å². The third-order valence-electron chi connectivity index (χ3n) is 2.08. The zero-order valence-electron chi connectivity index (χ0n) is 8.81. The average molecular weight is 296 g/mol. The fraction of sp³-hybridized carbons (Fsp3) is 0.455. The molecule has 1 rings (SSSR count). The minimum absolute atomic E-state index is 0.198. The molecule has 5 heteroatoms. The van der Waals surface area contributed by atoms with Gasteiger partial charge in [-0.1, -0.05) is 28.1 Å². The van der Waals surface area contributed by atoms with E-state index in [1.165, 1.54) is 0 Å². The number of benzene rings is 1. The van der Waals surface area contributed by atoms with Crippen LogP contribution in [0.15, 0.2) is 28.7 Å². The first-order valence-electron chi connectivity index (χ1n) is 4.91. The van der Waals surface area contributed by atoms with Gasteiger partial charge in [0.2, 0.25) is 0 Å². The fourth-order valence-corrected chi connectivity index (χ4v) is 1.83. The molecule has 0 spiro atoms. The van der Waals surface area contributed by atoms with Gasteiger partial charge in [-0.05, 0) is 31.0 Å². The summed E-state index contributed by atoms with van der Waals surface area (Å²) in [5.74, 6) is 0. The SMILES string of the molecule is C[C@H](Cc1cccc(Br)c1)NCC(F)(F)F. The van der Waals surface area contributed by atoms with Crippen molar-refractivity contribution in [3.8, 4) is 0 Å². The molecule has 0 saturated carbocycles. The molecular weight excluding hydrogens is 283 g/mol. The minimum atomic E-state index is -4.15. The highest BCUT2D eigenvalue weighted by Gasteiger charge is 2.27. The van der Waals surface area contributed by atoms with Crippen molar-refractivity contribution in [1.82, 2.24) is 5.32 Å². The summed E-state index contributed by atoms with van der Waals surface area (Å²) in [6.07, 6.45) is -3.57. The number of nitrogens with one attached hydrogen (secondary N) is 1. The first-order valence-corrected chi connectivity index (χ1v) is 5.71. The van der Waals surface area contributed by atoms with E-state index in [0.29, 0.717) is 6.42 Å². The zero-order valence-corrected chi connectivity index (χ0v) is 10.4. The Morgan fingerprint density at radius 1 is 1.38 bits per heavy atom. The van der Waals surface area contributed by atoms with Gasteiger partial charge in [0.15, 0.2) is 0 Å². The van der Waals surface area contributed by atoms with Crippen molar-refractivity contribution in [2.45, 2.75) is 25.6 Å². The molecule has 0 saturated heterocycles. The van der Waals surface area contributed by atoms with Crippen LogP contribution in [0.25, 0.3) is 0 Å². The van der Waals surface area contributed by atoms with Gasteiger partial charge in [0, 0.05) is 10.5 Å². The van der Waals surface area contributed by atoms with Gasteiger partial charge < -0.3 is 5.32 Å². The quantitative estimate of drug-likeness (QED) is 0.896. The maximum Gasteiger partial charge on any atom is 0.401 e. The summed E-state index contributed by atoms with van der Waals surface area (Å²) in [6, 6.07) is 7.37. The van der Waals surface area contributed by atoms with Crippen LogP contribution in [0.3, 0.4) is 0 Å². The molecule has 0 aliphatic rings. The van der Waals surface area contributed by atoms with E-state index in [1.54, 1.807) is 6.92 Å². The van der Waals surface area contributed by atoms with Crippen LogP contribution >= 0.6 is 15.9 Å². The molecule has 1 nitrogen and oxygen atoms in total. The summed E-state index contributed by atoms with van der Waals surface area (Å²) in [7, 11) is 0. The molecule has 0 fully saturated rings. The van der Waals surface area contributed by atoms with Crippen LogP contribution in [-0.2, 0) is 6.42 Å². The standard InChI is InChI=1S/C11H13BrF3N/c1-8(16-7-11(13,14)15)5-9-3-2-4-10(12)6-9/h2-4,6,8,16H,5,7H2,1H3/t8-/m1/s1. The molecule has 1 aromatic carbocycles. The smallest absolute Gasteiger partial charge is 0.306 e. The lowest BCUT2D eigenvalue weighted by molar-refractivity contribution is -0.126. The Bertz CT molecular complexity index is 338. The molecule has 1 atom stereocenters. The van der Waals surface area contributed by atoms with E-state index in [1.807, 2.05) is 24.3 Å². The zero-order chi connectivity index (χ0) is 12.2. The lowest BCUT2D eigenvalue weighted by Crippen LogP contribution is -2.36. The summed E-state index contributed by atoms with van der Waals surface area (Å²) in [4.78, 5) is 0. The fourth-order valence-electron chi connectivity index (χ4n) is 1.38. The monoisotopic (exact) mass is 295 g/mol. The second kappa shape index (κ2) is 5.68. The van der Waals surface area contributed by atoms with E-state index in [2.05, 4.69) is 21.2 Å². The van der Waals surface area contributed by atoms with Gasteiger partial charge >= 0.3 is 6.18 Å². The van der Waals surface area contributed by atoms with Crippen molar-refractivity contribution in [3.05, 3.63) is 34.3 Å². The Morgan fingerprint density at radius 2 is 2.06 bits per heavy atom. The Morgan fingerprint density at radius 3 is 2.62 bits per heavy atom. The molecule has 0 aliphatic heterocycles. The summed E-state index contributed by atoms with van der Waals surface area (Å²) in [5, 5.41) is 2.45. The Kier molecular flexibility index (Phi) is 4.80. The predicted molar refractivity (Wildman–Crippen MR) is 61.4 cm³/mol. The Balaban J connectivity index is 2.43. The van der Waals surface area contributed by atoms with Gasteiger partial charge in [-0.25, -0.2) is 0 Å². The Labute approximate surface area is 101 Å². The summed E-state index contributed by atoms with van der Waals surface area (Å²) in [6.45, 7) is 0.800. The molecule has 0 aliphatic carbocycles. The second-order valence-corrected chi connectivity index (χ2v) is 4.65. The number of alkyl halides is 3. The molecule has 0 heterocycles. The molecular formula is C11H13BrF3N. The molecule has 1 aromatic rings. The van der Waals surface area contributed by atoms with Crippen molar-refractivity contribution in [3.63, 3.8) is 0 Å². The predicted octanol–water partition coefficient (Wildman–Crippen LogP) is 3.53. The third kappa shape index (κ3) is 5.51. The van der Waals surface area contributed by atoms with Crippen molar-refractivity contribution < 1.29 is 13.2 Å². The first-order chi connectivity index (χ1) is 7.37. The highest BCUT2D eigenvalue weighted by molar-refractivity contribution is 9.10. The van der Waals surface area contributed by atoms with Gasteiger partial charge in [-0.3, -0.25) is 0 Å². The van der Waals surface area contributed by atoms with Crippen LogP contribution in [-0.4, -0.2) is 18.8 Å². The topological polar surface area (TPSA) is 12.0 Å². The molecule has 0 radical (unpaired) electrons. The van der Waals surface area contributed by atoms with E-state index in [9.17, 15) is 13.2 Å². The van der Waals surface area contributed by atoms with Crippen LogP contribution in [0.2, 0.25) is 0 Å². The highest BCUT2D eigenvalue weighted by atomic mass is 79.9. The largest absolute Gasteiger partial charge is 0.401 e. The highest BCUT2D eigenvalue weighted by Crippen LogP contribution is 2.15. The first kappa shape index (κ1) is 13.5.